The first-order valence-corrected chi connectivity index (χ1v) is 10.3. The van der Waals surface area contributed by atoms with Crippen LogP contribution in [0.2, 0.25) is 5.02 Å². The van der Waals surface area contributed by atoms with Crippen molar-refractivity contribution in [3.05, 3.63) is 58.6 Å². The van der Waals surface area contributed by atoms with Gasteiger partial charge < -0.3 is 4.90 Å². The minimum Gasteiger partial charge on any atom is -0.338 e. The highest BCUT2D eigenvalue weighted by Gasteiger charge is 2.23. The average molecular weight is 393 g/mol. The molecule has 0 bridgehead atoms. The lowest BCUT2D eigenvalue weighted by atomic mass is 9.98. The summed E-state index contributed by atoms with van der Waals surface area (Å²) in [7, 11) is -3.78. The molecular weight excluding hydrogens is 372 g/mol. The van der Waals surface area contributed by atoms with Crippen LogP contribution < -0.4 is 4.72 Å². The van der Waals surface area contributed by atoms with Crippen LogP contribution in [0.5, 0.6) is 0 Å². The number of amides is 1. The van der Waals surface area contributed by atoms with Gasteiger partial charge in [-0.1, -0.05) is 43.6 Å². The molecule has 1 N–H and O–H groups in total. The topological polar surface area (TPSA) is 66.5 Å². The van der Waals surface area contributed by atoms with Gasteiger partial charge in [-0.2, -0.15) is 0 Å². The van der Waals surface area contributed by atoms with Crippen LogP contribution in [0.1, 0.15) is 25.0 Å². The molecule has 0 aromatic heterocycles. The number of nitrogens with zero attached hydrogens (tertiary/aromatic N) is 1. The van der Waals surface area contributed by atoms with E-state index in [1.807, 2.05) is 24.8 Å². The van der Waals surface area contributed by atoms with Gasteiger partial charge in [0.05, 0.1) is 5.02 Å². The van der Waals surface area contributed by atoms with Crippen molar-refractivity contribution >= 4 is 33.2 Å². The highest BCUT2D eigenvalue weighted by molar-refractivity contribution is 7.92. The molecule has 0 atom stereocenters. The number of benzene rings is 2. The molecule has 0 radical (unpaired) electrons. The fourth-order valence-electron chi connectivity index (χ4n) is 3.05. The number of carbonyl (C=O) groups excluding carboxylic acids is 1. The third kappa shape index (κ3) is 3.86. The highest BCUT2D eigenvalue weighted by atomic mass is 35.5. The van der Waals surface area contributed by atoms with Crippen molar-refractivity contribution in [2.45, 2.75) is 31.7 Å². The molecule has 0 saturated carbocycles. The van der Waals surface area contributed by atoms with E-state index in [4.69, 9.17) is 11.6 Å². The van der Waals surface area contributed by atoms with Crippen LogP contribution in [0.15, 0.2) is 47.4 Å². The Labute approximate surface area is 159 Å². The highest BCUT2D eigenvalue weighted by Crippen LogP contribution is 2.27. The Balaban J connectivity index is 1.85. The van der Waals surface area contributed by atoms with Crippen molar-refractivity contribution in [2.24, 2.45) is 5.92 Å². The predicted octanol–water partition coefficient (Wildman–Crippen LogP) is 3.68. The first-order chi connectivity index (χ1) is 12.3. The van der Waals surface area contributed by atoms with Gasteiger partial charge in [0, 0.05) is 24.7 Å². The van der Waals surface area contributed by atoms with Gasteiger partial charge in [0.15, 0.2) is 0 Å². The van der Waals surface area contributed by atoms with E-state index in [-0.39, 0.29) is 21.7 Å². The predicted molar refractivity (Wildman–Crippen MR) is 103 cm³/mol. The van der Waals surface area contributed by atoms with E-state index in [0.717, 1.165) is 17.5 Å². The number of anilines is 1. The molecule has 0 aliphatic carbocycles. The molecule has 138 valence electrons. The molecule has 1 amide bonds. The lowest BCUT2D eigenvalue weighted by Crippen LogP contribution is -2.38. The van der Waals surface area contributed by atoms with Crippen LogP contribution in [0.25, 0.3) is 0 Å². The molecule has 5 nitrogen and oxygen atoms in total. The fraction of sp³-hybridized carbons (Fsp3) is 0.316. The third-order valence-electron chi connectivity index (χ3n) is 4.40. The maximum atomic E-state index is 12.6. The first-order valence-electron chi connectivity index (χ1n) is 8.46. The molecule has 3 rings (SSSR count). The maximum Gasteiger partial charge on any atom is 0.263 e. The molecule has 2 aromatic carbocycles. The van der Waals surface area contributed by atoms with Crippen LogP contribution in [-0.2, 0) is 27.8 Å². The monoisotopic (exact) mass is 392 g/mol. The number of hydrogen-bond acceptors (Lipinski definition) is 3. The van der Waals surface area contributed by atoms with Gasteiger partial charge in [0.25, 0.3) is 10.0 Å². The second-order valence-electron chi connectivity index (χ2n) is 6.68. The van der Waals surface area contributed by atoms with E-state index in [1.165, 1.54) is 6.07 Å². The van der Waals surface area contributed by atoms with E-state index in [1.54, 1.807) is 30.3 Å². The van der Waals surface area contributed by atoms with Crippen molar-refractivity contribution in [3.8, 4) is 0 Å². The van der Waals surface area contributed by atoms with Crippen molar-refractivity contribution in [1.82, 2.24) is 4.90 Å². The fourth-order valence-corrected chi connectivity index (χ4v) is 4.62. The second kappa shape index (κ2) is 7.29. The molecule has 1 aliphatic rings. The van der Waals surface area contributed by atoms with Gasteiger partial charge in [-0.3, -0.25) is 9.52 Å². The van der Waals surface area contributed by atoms with Crippen LogP contribution in [0.4, 0.5) is 5.69 Å². The van der Waals surface area contributed by atoms with E-state index >= 15 is 0 Å². The molecule has 0 saturated heterocycles. The number of sulfonamides is 1. The van der Waals surface area contributed by atoms with E-state index in [0.29, 0.717) is 18.8 Å². The summed E-state index contributed by atoms with van der Waals surface area (Å²) in [6.45, 7) is 4.95. The zero-order valence-electron chi connectivity index (χ0n) is 14.7. The maximum absolute atomic E-state index is 12.6. The summed E-state index contributed by atoms with van der Waals surface area (Å²) >= 11 is 6.01. The quantitative estimate of drug-likeness (QED) is 0.863. The van der Waals surface area contributed by atoms with Crippen molar-refractivity contribution in [2.75, 3.05) is 11.3 Å². The van der Waals surface area contributed by atoms with Crippen molar-refractivity contribution in [3.63, 3.8) is 0 Å². The van der Waals surface area contributed by atoms with E-state index in [9.17, 15) is 13.2 Å². The zero-order chi connectivity index (χ0) is 18.9. The molecule has 1 heterocycles. The Morgan fingerprint density at radius 2 is 1.88 bits per heavy atom. The summed E-state index contributed by atoms with van der Waals surface area (Å²) in [5, 5.41) is 0.173. The summed E-state index contributed by atoms with van der Waals surface area (Å²) in [6.07, 6.45) is 0.769. The Bertz CT molecular complexity index is 942. The first kappa shape index (κ1) is 18.7. The summed E-state index contributed by atoms with van der Waals surface area (Å²) in [5.41, 5.74) is 2.56. The smallest absolute Gasteiger partial charge is 0.263 e. The van der Waals surface area contributed by atoms with Gasteiger partial charge in [0.2, 0.25) is 5.91 Å². The molecule has 0 unspecified atom stereocenters. The van der Waals surface area contributed by atoms with Crippen molar-refractivity contribution < 1.29 is 13.2 Å². The molecule has 0 spiro atoms. The van der Waals surface area contributed by atoms with Crippen LogP contribution in [-0.4, -0.2) is 25.8 Å². The number of nitrogens with one attached hydrogen (secondary N) is 1. The zero-order valence-corrected chi connectivity index (χ0v) is 16.3. The van der Waals surface area contributed by atoms with Gasteiger partial charge in [-0.05, 0) is 41.8 Å². The van der Waals surface area contributed by atoms with Crippen LogP contribution in [0, 0.1) is 5.92 Å². The largest absolute Gasteiger partial charge is 0.338 e. The second-order valence-corrected chi connectivity index (χ2v) is 8.74. The Morgan fingerprint density at radius 3 is 2.58 bits per heavy atom. The number of fused-ring (bicyclic) bond motifs is 1. The minimum atomic E-state index is -3.78. The summed E-state index contributed by atoms with van der Waals surface area (Å²) < 4.78 is 27.8. The van der Waals surface area contributed by atoms with Gasteiger partial charge in [-0.15, -0.1) is 0 Å². The van der Waals surface area contributed by atoms with Crippen LogP contribution in [0.3, 0.4) is 0 Å². The molecule has 0 fully saturated rings. The Hall–Kier alpha value is -2.05. The summed E-state index contributed by atoms with van der Waals surface area (Å²) in [6, 6.07) is 11.8. The SMILES string of the molecule is CC(C)C(=O)N1CCc2ccc(NS(=O)(=O)c3ccccc3Cl)cc2C1. The minimum absolute atomic E-state index is 0.0380. The number of halogens is 1. The number of carbonyl (C=O) groups is 1. The number of hydrogen-bond donors (Lipinski definition) is 1. The molecular formula is C19H21ClN2O3S. The summed E-state index contributed by atoms with van der Waals surface area (Å²) in [4.78, 5) is 14.1. The van der Waals surface area contributed by atoms with Gasteiger partial charge >= 0.3 is 0 Å². The average Bonchev–Trinajstić information content (AvgIpc) is 2.60. The molecule has 1 aliphatic heterocycles. The molecule has 7 heteroatoms. The van der Waals surface area contributed by atoms with Gasteiger partial charge in [0.1, 0.15) is 4.90 Å². The third-order valence-corrected chi connectivity index (χ3v) is 6.28. The Morgan fingerprint density at radius 1 is 1.15 bits per heavy atom. The van der Waals surface area contributed by atoms with E-state index in [2.05, 4.69) is 4.72 Å². The standard InChI is InChI=1S/C19H21ClN2O3S/c1-13(2)19(23)22-10-9-14-7-8-16(11-15(14)12-22)21-26(24,25)18-6-4-3-5-17(18)20/h3-8,11,13,21H,9-10,12H2,1-2H3. The molecule has 2 aromatic rings. The number of rotatable bonds is 4. The lowest BCUT2D eigenvalue weighted by Gasteiger charge is -2.30. The summed E-state index contributed by atoms with van der Waals surface area (Å²) in [5.74, 6) is 0.0520. The van der Waals surface area contributed by atoms with E-state index < -0.39 is 10.0 Å². The normalized spacial score (nSPS) is 14.2. The van der Waals surface area contributed by atoms with Gasteiger partial charge in [-0.25, -0.2) is 8.42 Å². The van der Waals surface area contributed by atoms with Crippen LogP contribution >= 0.6 is 11.6 Å². The van der Waals surface area contributed by atoms with Crippen molar-refractivity contribution in [1.29, 1.82) is 0 Å². The Kier molecular flexibility index (Phi) is 5.25. The lowest BCUT2D eigenvalue weighted by molar-refractivity contribution is -0.135. The molecule has 26 heavy (non-hydrogen) atoms.